The van der Waals surface area contributed by atoms with E-state index >= 15 is 0 Å². The Hall–Kier alpha value is -2.67. The van der Waals surface area contributed by atoms with Crippen LogP contribution in [0, 0.1) is 0 Å². The van der Waals surface area contributed by atoms with Crippen LogP contribution in [0.3, 0.4) is 0 Å². The van der Waals surface area contributed by atoms with Gasteiger partial charge in [0.2, 0.25) is 5.91 Å². The molecule has 7 heteroatoms. The fraction of sp³-hybridized carbons (Fsp3) is 0.333. The number of hydrogen-bond acceptors (Lipinski definition) is 5. The third-order valence-electron chi connectivity index (χ3n) is 4.32. The van der Waals surface area contributed by atoms with E-state index in [0.717, 1.165) is 17.8 Å². The second-order valence-electron chi connectivity index (χ2n) is 6.40. The molecule has 0 spiro atoms. The third kappa shape index (κ3) is 5.19. The van der Waals surface area contributed by atoms with Crippen molar-refractivity contribution in [2.45, 2.75) is 44.8 Å². The smallest absolute Gasteiger partial charge is 0.234 e. The molecule has 28 heavy (non-hydrogen) atoms. The number of nitrogens with one attached hydrogen (secondary N) is 1. The summed E-state index contributed by atoms with van der Waals surface area (Å²) in [6.07, 6.45) is 5.17. The summed E-state index contributed by atoms with van der Waals surface area (Å²) in [6, 6.07) is 13.8. The first-order valence-electron chi connectivity index (χ1n) is 9.57. The van der Waals surface area contributed by atoms with Gasteiger partial charge in [0.1, 0.15) is 5.69 Å². The van der Waals surface area contributed by atoms with Crippen molar-refractivity contribution in [1.29, 1.82) is 0 Å². The summed E-state index contributed by atoms with van der Waals surface area (Å²) in [7, 11) is 0. The van der Waals surface area contributed by atoms with Crippen molar-refractivity contribution < 1.29 is 4.79 Å². The molecule has 146 valence electrons. The van der Waals surface area contributed by atoms with Crippen LogP contribution in [0.25, 0.3) is 11.5 Å². The number of aromatic nitrogens is 4. The molecule has 2 heterocycles. The highest BCUT2D eigenvalue weighted by molar-refractivity contribution is 7.99. The van der Waals surface area contributed by atoms with Crippen LogP contribution in [0.4, 0.5) is 5.69 Å². The van der Waals surface area contributed by atoms with Gasteiger partial charge in [0.05, 0.1) is 5.75 Å². The SMILES string of the molecule is CCCCc1ccc(NC(=O)CSc2nnc(-c3ccccn3)n2CC)cc1. The molecule has 3 rings (SSSR count). The number of hydrogen-bond donors (Lipinski definition) is 1. The van der Waals surface area contributed by atoms with Crippen LogP contribution < -0.4 is 5.32 Å². The van der Waals surface area contributed by atoms with Crippen LogP contribution >= 0.6 is 11.8 Å². The van der Waals surface area contributed by atoms with Crippen molar-refractivity contribution in [3.05, 3.63) is 54.2 Å². The molecule has 0 saturated heterocycles. The standard InChI is InChI=1S/C21H25N5OS/c1-3-5-8-16-10-12-17(13-11-16)23-19(27)15-28-21-25-24-20(26(21)4-2)18-9-6-7-14-22-18/h6-7,9-14H,3-5,8,15H2,1-2H3,(H,23,27). The molecular weight excluding hydrogens is 370 g/mol. The number of anilines is 1. The summed E-state index contributed by atoms with van der Waals surface area (Å²) in [6.45, 7) is 4.92. The average Bonchev–Trinajstić information content (AvgIpc) is 3.15. The summed E-state index contributed by atoms with van der Waals surface area (Å²) in [5.41, 5.74) is 2.89. The fourth-order valence-electron chi connectivity index (χ4n) is 2.83. The first-order chi connectivity index (χ1) is 13.7. The maximum absolute atomic E-state index is 12.3. The number of nitrogens with zero attached hydrogens (tertiary/aromatic N) is 4. The van der Waals surface area contributed by atoms with Crippen LogP contribution in [-0.4, -0.2) is 31.4 Å². The highest BCUT2D eigenvalue weighted by atomic mass is 32.2. The molecule has 0 fully saturated rings. The van der Waals surface area contributed by atoms with Crippen molar-refractivity contribution in [3.63, 3.8) is 0 Å². The number of amides is 1. The van der Waals surface area contributed by atoms with Gasteiger partial charge in [-0.2, -0.15) is 0 Å². The molecule has 1 N–H and O–H groups in total. The summed E-state index contributed by atoms with van der Waals surface area (Å²) in [5, 5.41) is 12.1. The number of aryl methyl sites for hydroxylation is 1. The zero-order chi connectivity index (χ0) is 19.8. The second-order valence-corrected chi connectivity index (χ2v) is 7.35. The molecule has 6 nitrogen and oxygen atoms in total. The van der Waals surface area contributed by atoms with Gasteiger partial charge in [-0.25, -0.2) is 0 Å². The third-order valence-corrected chi connectivity index (χ3v) is 5.28. The first-order valence-corrected chi connectivity index (χ1v) is 10.6. The van der Waals surface area contributed by atoms with Gasteiger partial charge < -0.3 is 9.88 Å². The molecule has 2 aromatic heterocycles. The van der Waals surface area contributed by atoms with E-state index in [9.17, 15) is 4.79 Å². The Kier molecular flexibility index (Phi) is 7.19. The highest BCUT2D eigenvalue weighted by Crippen LogP contribution is 2.22. The fourth-order valence-corrected chi connectivity index (χ4v) is 3.63. The molecule has 1 amide bonds. The van der Waals surface area contributed by atoms with Crippen molar-refractivity contribution in [3.8, 4) is 11.5 Å². The normalized spacial score (nSPS) is 10.8. The van der Waals surface area contributed by atoms with Crippen LogP contribution in [0.15, 0.2) is 53.8 Å². The number of pyridine rings is 1. The van der Waals surface area contributed by atoms with E-state index in [-0.39, 0.29) is 11.7 Å². The minimum absolute atomic E-state index is 0.0589. The Morgan fingerprint density at radius 2 is 1.93 bits per heavy atom. The van der Waals surface area contributed by atoms with Crippen molar-refractivity contribution in [2.24, 2.45) is 0 Å². The molecule has 3 aromatic rings. The Morgan fingerprint density at radius 3 is 2.61 bits per heavy atom. The minimum atomic E-state index is -0.0589. The number of thioether (sulfide) groups is 1. The predicted octanol–water partition coefficient (Wildman–Crippen LogP) is 4.43. The van der Waals surface area contributed by atoms with Crippen LogP contribution in [0.2, 0.25) is 0 Å². The van der Waals surface area contributed by atoms with Crippen LogP contribution in [0.5, 0.6) is 0 Å². The van der Waals surface area contributed by atoms with E-state index in [2.05, 4.69) is 39.6 Å². The quantitative estimate of drug-likeness (QED) is 0.543. The number of rotatable bonds is 9. The lowest BCUT2D eigenvalue weighted by molar-refractivity contribution is -0.113. The van der Waals surface area contributed by atoms with Gasteiger partial charge in [-0.3, -0.25) is 9.78 Å². The van der Waals surface area contributed by atoms with E-state index < -0.39 is 0 Å². The Labute approximate surface area is 169 Å². The monoisotopic (exact) mass is 395 g/mol. The zero-order valence-corrected chi connectivity index (χ0v) is 17.1. The lowest BCUT2D eigenvalue weighted by Crippen LogP contribution is -2.14. The van der Waals surface area contributed by atoms with Gasteiger partial charge in [0.15, 0.2) is 11.0 Å². The Bertz CT molecular complexity index is 893. The molecule has 0 aliphatic rings. The molecule has 0 radical (unpaired) electrons. The molecule has 0 saturated carbocycles. The van der Waals surface area contributed by atoms with E-state index in [4.69, 9.17) is 0 Å². The topological polar surface area (TPSA) is 72.7 Å². The van der Waals surface area contributed by atoms with Gasteiger partial charge in [-0.05, 0) is 49.6 Å². The van der Waals surface area contributed by atoms with E-state index in [1.165, 1.54) is 30.2 Å². The number of carbonyl (C=O) groups is 1. The van der Waals surface area contributed by atoms with Gasteiger partial charge in [-0.1, -0.05) is 43.3 Å². The van der Waals surface area contributed by atoms with Crippen LogP contribution in [0.1, 0.15) is 32.3 Å². The predicted molar refractivity (Wildman–Crippen MR) is 113 cm³/mol. The zero-order valence-electron chi connectivity index (χ0n) is 16.3. The van der Waals surface area contributed by atoms with Gasteiger partial charge in [0.25, 0.3) is 0 Å². The summed E-state index contributed by atoms with van der Waals surface area (Å²) in [5.74, 6) is 0.933. The average molecular weight is 396 g/mol. The Balaban J connectivity index is 1.58. The van der Waals surface area contributed by atoms with E-state index in [0.29, 0.717) is 17.5 Å². The van der Waals surface area contributed by atoms with Crippen molar-refractivity contribution in [2.75, 3.05) is 11.1 Å². The molecular formula is C21H25N5OS. The molecule has 0 bridgehead atoms. The van der Waals surface area contributed by atoms with Crippen LogP contribution in [-0.2, 0) is 17.8 Å². The lowest BCUT2D eigenvalue weighted by atomic mass is 10.1. The van der Waals surface area contributed by atoms with Gasteiger partial charge in [0, 0.05) is 18.4 Å². The van der Waals surface area contributed by atoms with E-state index in [1.807, 2.05) is 41.8 Å². The van der Waals surface area contributed by atoms with Gasteiger partial charge in [-0.15, -0.1) is 10.2 Å². The first kappa shape index (κ1) is 20.1. The molecule has 0 aliphatic heterocycles. The molecule has 0 aliphatic carbocycles. The molecule has 0 unspecified atom stereocenters. The largest absolute Gasteiger partial charge is 0.325 e. The maximum atomic E-state index is 12.3. The maximum Gasteiger partial charge on any atom is 0.234 e. The molecule has 1 aromatic carbocycles. The summed E-state index contributed by atoms with van der Waals surface area (Å²) < 4.78 is 1.98. The van der Waals surface area contributed by atoms with E-state index in [1.54, 1.807) is 6.20 Å². The number of benzene rings is 1. The minimum Gasteiger partial charge on any atom is -0.325 e. The van der Waals surface area contributed by atoms with Crippen molar-refractivity contribution in [1.82, 2.24) is 19.7 Å². The van der Waals surface area contributed by atoms with Gasteiger partial charge >= 0.3 is 0 Å². The molecule has 0 atom stereocenters. The number of unbranched alkanes of at least 4 members (excludes halogenated alkanes) is 1. The lowest BCUT2D eigenvalue weighted by Gasteiger charge is -2.08. The van der Waals surface area contributed by atoms with Crippen molar-refractivity contribution >= 4 is 23.4 Å². The highest BCUT2D eigenvalue weighted by Gasteiger charge is 2.15. The summed E-state index contributed by atoms with van der Waals surface area (Å²) in [4.78, 5) is 16.7. The second kappa shape index (κ2) is 10.0. The Morgan fingerprint density at radius 1 is 1.11 bits per heavy atom. The summed E-state index contributed by atoms with van der Waals surface area (Å²) >= 11 is 1.38. The number of carbonyl (C=O) groups excluding carboxylic acids is 1.